The maximum absolute atomic E-state index is 11.9. The molecule has 0 aliphatic heterocycles. The Bertz CT molecular complexity index is 635. The first kappa shape index (κ1) is 16.3. The summed E-state index contributed by atoms with van der Waals surface area (Å²) >= 11 is 12.0. The Morgan fingerprint density at radius 1 is 0.864 bits per heavy atom. The maximum Gasteiger partial charge on any atom is 0.323 e. The Balaban J connectivity index is 2.04. The van der Waals surface area contributed by atoms with Crippen LogP contribution in [0.25, 0.3) is 0 Å². The molecule has 0 radical (unpaired) electrons. The van der Waals surface area contributed by atoms with Crippen LogP contribution in [0.3, 0.4) is 0 Å². The second-order valence-electron chi connectivity index (χ2n) is 4.28. The van der Waals surface area contributed by atoms with Gasteiger partial charge in [0.15, 0.2) is 0 Å². The first-order chi connectivity index (χ1) is 10.5. The van der Waals surface area contributed by atoms with Crippen molar-refractivity contribution < 1.29 is 14.3 Å². The molecule has 0 fully saturated rings. The van der Waals surface area contributed by atoms with Gasteiger partial charge in [0.1, 0.15) is 11.5 Å². The van der Waals surface area contributed by atoms with E-state index in [0.29, 0.717) is 32.9 Å². The molecule has 0 aliphatic rings. The highest BCUT2D eigenvalue weighted by atomic mass is 35.5. The monoisotopic (exact) mass is 340 g/mol. The fraction of sp³-hybridized carbons (Fsp3) is 0.133. The molecule has 0 saturated heterocycles. The van der Waals surface area contributed by atoms with Crippen LogP contribution in [0.2, 0.25) is 10.0 Å². The lowest BCUT2D eigenvalue weighted by molar-refractivity contribution is 0.262. The van der Waals surface area contributed by atoms with Gasteiger partial charge in [0.25, 0.3) is 0 Å². The standard InChI is InChI=1S/C15H14Cl2N2O3/c1-21-13-5-3-9(7-11(13)16)18-15(20)19-10-4-6-14(22-2)12(17)8-10/h3-8H,1-2H3,(H2,18,19,20). The maximum atomic E-state index is 11.9. The third kappa shape index (κ3) is 3.96. The van der Waals surface area contributed by atoms with Crippen molar-refractivity contribution in [2.75, 3.05) is 24.9 Å². The van der Waals surface area contributed by atoms with E-state index in [-0.39, 0.29) is 0 Å². The Morgan fingerprint density at radius 2 is 1.27 bits per heavy atom. The molecule has 2 amide bonds. The molecule has 2 aromatic rings. The molecule has 5 nitrogen and oxygen atoms in total. The number of carbonyl (C=O) groups excluding carboxylic acids is 1. The van der Waals surface area contributed by atoms with E-state index in [1.165, 1.54) is 14.2 Å². The van der Waals surface area contributed by atoms with Crippen molar-refractivity contribution in [3.05, 3.63) is 46.4 Å². The van der Waals surface area contributed by atoms with Gasteiger partial charge < -0.3 is 20.1 Å². The van der Waals surface area contributed by atoms with Gasteiger partial charge in [-0.25, -0.2) is 4.79 Å². The Labute approximate surface area is 138 Å². The number of carbonyl (C=O) groups is 1. The van der Waals surface area contributed by atoms with Gasteiger partial charge in [0.05, 0.1) is 24.3 Å². The van der Waals surface area contributed by atoms with E-state index in [4.69, 9.17) is 32.7 Å². The SMILES string of the molecule is COc1ccc(NC(=O)Nc2ccc(OC)c(Cl)c2)cc1Cl. The van der Waals surface area contributed by atoms with Crippen molar-refractivity contribution in [1.29, 1.82) is 0 Å². The van der Waals surface area contributed by atoms with Crippen molar-refractivity contribution in [2.24, 2.45) is 0 Å². The lowest BCUT2D eigenvalue weighted by Crippen LogP contribution is -2.19. The highest BCUT2D eigenvalue weighted by Gasteiger charge is 2.07. The number of hydrogen-bond acceptors (Lipinski definition) is 3. The van der Waals surface area contributed by atoms with Crippen molar-refractivity contribution in [2.45, 2.75) is 0 Å². The number of methoxy groups -OCH3 is 2. The van der Waals surface area contributed by atoms with Crippen molar-refractivity contribution in [1.82, 2.24) is 0 Å². The number of ether oxygens (including phenoxy) is 2. The second-order valence-corrected chi connectivity index (χ2v) is 5.09. The number of amides is 2. The Hall–Kier alpha value is -2.11. The van der Waals surface area contributed by atoms with Gasteiger partial charge in [0.2, 0.25) is 0 Å². The van der Waals surface area contributed by atoms with Crippen LogP contribution in [0.5, 0.6) is 11.5 Å². The molecule has 0 aliphatic carbocycles. The van der Waals surface area contributed by atoms with Crippen LogP contribution in [0, 0.1) is 0 Å². The summed E-state index contributed by atoms with van der Waals surface area (Å²) in [4.78, 5) is 11.9. The van der Waals surface area contributed by atoms with Crippen LogP contribution in [0.15, 0.2) is 36.4 Å². The number of benzene rings is 2. The zero-order valence-electron chi connectivity index (χ0n) is 11.9. The number of hydrogen-bond donors (Lipinski definition) is 2. The average Bonchev–Trinajstić information content (AvgIpc) is 2.47. The van der Waals surface area contributed by atoms with Gasteiger partial charge in [0, 0.05) is 11.4 Å². The zero-order chi connectivity index (χ0) is 16.1. The first-order valence-electron chi connectivity index (χ1n) is 6.28. The normalized spacial score (nSPS) is 10.0. The van der Waals surface area contributed by atoms with Crippen LogP contribution >= 0.6 is 23.2 Å². The van der Waals surface area contributed by atoms with Crippen molar-refractivity contribution in [3.8, 4) is 11.5 Å². The predicted molar refractivity (Wildman–Crippen MR) is 88.6 cm³/mol. The van der Waals surface area contributed by atoms with Crippen LogP contribution in [0.4, 0.5) is 16.2 Å². The number of nitrogens with one attached hydrogen (secondary N) is 2. The number of urea groups is 1. The van der Waals surface area contributed by atoms with E-state index < -0.39 is 6.03 Å². The minimum absolute atomic E-state index is 0.410. The molecule has 0 spiro atoms. The second kappa shape index (κ2) is 7.24. The molecule has 116 valence electrons. The van der Waals surface area contributed by atoms with Gasteiger partial charge in [-0.2, -0.15) is 0 Å². The lowest BCUT2D eigenvalue weighted by atomic mass is 10.3. The fourth-order valence-electron chi connectivity index (χ4n) is 1.78. The predicted octanol–water partition coefficient (Wildman–Crippen LogP) is 4.65. The van der Waals surface area contributed by atoms with Gasteiger partial charge in [-0.15, -0.1) is 0 Å². The zero-order valence-corrected chi connectivity index (χ0v) is 13.5. The third-order valence-corrected chi connectivity index (χ3v) is 3.41. The summed E-state index contributed by atoms with van der Waals surface area (Å²) in [5, 5.41) is 6.15. The van der Waals surface area contributed by atoms with Crippen LogP contribution in [-0.4, -0.2) is 20.3 Å². The summed E-state index contributed by atoms with van der Waals surface area (Å²) in [5.41, 5.74) is 1.09. The molecular formula is C15H14Cl2N2O3. The van der Waals surface area contributed by atoms with Gasteiger partial charge in [-0.05, 0) is 36.4 Å². The molecule has 0 saturated carbocycles. The largest absolute Gasteiger partial charge is 0.495 e. The molecule has 0 unspecified atom stereocenters. The Kier molecular flexibility index (Phi) is 5.35. The van der Waals surface area contributed by atoms with E-state index in [2.05, 4.69) is 10.6 Å². The van der Waals surface area contributed by atoms with E-state index in [0.717, 1.165) is 0 Å². The van der Waals surface area contributed by atoms with E-state index in [1.54, 1.807) is 36.4 Å². The molecule has 0 atom stereocenters. The summed E-state index contributed by atoms with van der Waals surface area (Å²) in [7, 11) is 3.04. The quantitative estimate of drug-likeness (QED) is 0.851. The van der Waals surface area contributed by atoms with Gasteiger partial charge in [-0.1, -0.05) is 23.2 Å². The topological polar surface area (TPSA) is 59.6 Å². The summed E-state index contributed by atoms with van der Waals surface area (Å²) in [6.07, 6.45) is 0. The summed E-state index contributed by atoms with van der Waals surface area (Å²) in [6, 6.07) is 9.49. The molecule has 7 heteroatoms. The van der Waals surface area contributed by atoms with Crippen molar-refractivity contribution >= 4 is 40.6 Å². The minimum Gasteiger partial charge on any atom is -0.495 e. The van der Waals surface area contributed by atoms with Crippen LogP contribution in [0.1, 0.15) is 0 Å². The molecule has 22 heavy (non-hydrogen) atoms. The molecule has 2 N–H and O–H groups in total. The van der Waals surface area contributed by atoms with Gasteiger partial charge in [-0.3, -0.25) is 0 Å². The highest BCUT2D eigenvalue weighted by molar-refractivity contribution is 6.32. The van der Waals surface area contributed by atoms with Crippen molar-refractivity contribution in [3.63, 3.8) is 0 Å². The number of halogens is 2. The average molecular weight is 341 g/mol. The van der Waals surface area contributed by atoms with Crippen LogP contribution in [-0.2, 0) is 0 Å². The highest BCUT2D eigenvalue weighted by Crippen LogP contribution is 2.28. The first-order valence-corrected chi connectivity index (χ1v) is 7.04. The molecule has 2 aromatic carbocycles. The Morgan fingerprint density at radius 3 is 1.59 bits per heavy atom. The summed E-state index contributed by atoms with van der Waals surface area (Å²) in [5.74, 6) is 1.07. The molecule has 0 aromatic heterocycles. The molecule has 2 rings (SSSR count). The number of anilines is 2. The van der Waals surface area contributed by atoms with E-state index in [9.17, 15) is 4.79 Å². The minimum atomic E-state index is -0.414. The molecular weight excluding hydrogens is 327 g/mol. The lowest BCUT2D eigenvalue weighted by Gasteiger charge is -2.10. The van der Waals surface area contributed by atoms with Gasteiger partial charge >= 0.3 is 6.03 Å². The van der Waals surface area contributed by atoms with E-state index >= 15 is 0 Å². The number of rotatable bonds is 4. The van der Waals surface area contributed by atoms with E-state index in [1.807, 2.05) is 0 Å². The summed E-state index contributed by atoms with van der Waals surface area (Å²) in [6.45, 7) is 0. The summed E-state index contributed by atoms with van der Waals surface area (Å²) < 4.78 is 10.1. The van der Waals surface area contributed by atoms with Crippen LogP contribution < -0.4 is 20.1 Å². The fourth-order valence-corrected chi connectivity index (χ4v) is 2.30. The third-order valence-electron chi connectivity index (χ3n) is 2.82. The smallest absolute Gasteiger partial charge is 0.323 e. The molecule has 0 heterocycles. The molecule has 0 bridgehead atoms.